The van der Waals surface area contributed by atoms with Crippen LogP contribution in [0.1, 0.15) is 10.4 Å². The number of carboxylic acids is 1. The molecule has 0 fully saturated rings. The van der Waals surface area contributed by atoms with Gasteiger partial charge in [-0.1, -0.05) is 12.1 Å². The molecule has 4 heteroatoms. The monoisotopic (exact) mass is 166 g/mol. The summed E-state index contributed by atoms with van der Waals surface area (Å²) in [7, 11) is 0. The van der Waals surface area contributed by atoms with Crippen molar-refractivity contribution in [2.75, 3.05) is 0 Å². The zero-order valence-electron chi connectivity index (χ0n) is 6.02. The van der Waals surface area contributed by atoms with Crippen molar-refractivity contribution in [2.24, 2.45) is 0 Å². The van der Waals surface area contributed by atoms with E-state index in [0.29, 0.717) is 0 Å². The van der Waals surface area contributed by atoms with Gasteiger partial charge < -0.3 is 10.2 Å². The topological polar surface area (TPSA) is 74.6 Å². The molecule has 0 aliphatic heterocycles. The molecule has 12 heavy (non-hydrogen) atoms. The standard InChI is InChI=1S/C8H6O4/c9-5-3-1-2-4-6(10)7(5)8(11)12/h1-4,9H,(H,11,12). The predicted octanol–water partition coefficient (Wildman–Crippen LogP) is 0.451. The summed E-state index contributed by atoms with van der Waals surface area (Å²) < 4.78 is 0. The first-order valence-corrected chi connectivity index (χ1v) is 3.18. The summed E-state index contributed by atoms with van der Waals surface area (Å²) in [5, 5.41) is 17.5. The van der Waals surface area contributed by atoms with Gasteiger partial charge in [0.25, 0.3) is 0 Å². The number of hydrogen-bond acceptors (Lipinski definition) is 3. The number of carboxylic acid groups (broad SMARTS) is 1. The molecular weight excluding hydrogens is 160 g/mol. The maximum absolute atomic E-state index is 10.9. The maximum atomic E-state index is 10.9. The van der Waals surface area contributed by atoms with Crippen molar-refractivity contribution in [3.05, 3.63) is 40.1 Å². The van der Waals surface area contributed by atoms with Crippen molar-refractivity contribution < 1.29 is 15.0 Å². The van der Waals surface area contributed by atoms with Crippen molar-refractivity contribution in [3.63, 3.8) is 0 Å². The smallest absolute Gasteiger partial charge is 0.343 e. The number of carbonyl (C=O) groups is 1. The lowest BCUT2D eigenvalue weighted by atomic mass is 10.2. The first-order chi connectivity index (χ1) is 5.63. The molecule has 0 aliphatic rings. The third-order valence-corrected chi connectivity index (χ3v) is 1.33. The number of hydrogen-bond donors (Lipinski definition) is 2. The summed E-state index contributed by atoms with van der Waals surface area (Å²) in [6.07, 6.45) is 0. The molecule has 0 saturated heterocycles. The summed E-state index contributed by atoms with van der Waals surface area (Å²) in [6, 6.07) is 5.01. The van der Waals surface area contributed by atoms with E-state index in [0.717, 1.165) is 12.1 Å². The van der Waals surface area contributed by atoms with Crippen LogP contribution in [-0.4, -0.2) is 16.2 Å². The number of rotatable bonds is 1. The lowest BCUT2D eigenvalue weighted by Crippen LogP contribution is -2.10. The van der Waals surface area contributed by atoms with Crippen molar-refractivity contribution in [3.8, 4) is 5.75 Å². The summed E-state index contributed by atoms with van der Waals surface area (Å²) in [5.74, 6) is -1.94. The molecule has 2 N–H and O–H groups in total. The van der Waals surface area contributed by atoms with Crippen LogP contribution in [0.2, 0.25) is 0 Å². The van der Waals surface area contributed by atoms with Crippen LogP contribution in [0.25, 0.3) is 0 Å². The van der Waals surface area contributed by atoms with Gasteiger partial charge in [-0.25, -0.2) is 4.79 Å². The molecule has 1 rings (SSSR count). The fourth-order valence-electron chi connectivity index (χ4n) is 0.797. The Morgan fingerprint density at radius 2 is 1.83 bits per heavy atom. The molecule has 0 aromatic heterocycles. The molecule has 0 unspecified atom stereocenters. The third kappa shape index (κ3) is 1.42. The van der Waals surface area contributed by atoms with Gasteiger partial charge in [0.1, 0.15) is 11.3 Å². The van der Waals surface area contributed by atoms with Crippen LogP contribution >= 0.6 is 0 Å². The fraction of sp³-hybridized carbons (Fsp3) is 0. The number of aromatic carboxylic acids is 1. The van der Waals surface area contributed by atoms with E-state index in [9.17, 15) is 9.59 Å². The Bertz CT molecular complexity index is 370. The van der Waals surface area contributed by atoms with Gasteiger partial charge in [0.05, 0.1) is 0 Å². The Morgan fingerprint density at radius 3 is 2.42 bits per heavy atom. The summed E-state index contributed by atoms with van der Waals surface area (Å²) in [6.45, 7) is 0. The molecule has 62 valence electrons. The molecule has 0 aliphatic carbocycles. The van der Waals surface area contributed by atoms with Crippen LogP contribution in [0.15, 0.2) is 29.1 Å². The van der Waals surface area contributed by atoms with Gasteiger partial charge in [0.2, 0.25) is 0 Å². The fourth-order valence-corrected chi connectivity index (χ4v) is 0.797. The SMILES string of the molecule is O=C(O)c1c(O)ccccc1=O. The van der Waals surface area contributed by atoms with Crippen molar-refractivity contribution in [2.45, 2.75) is 0 Å². The highest BCUT2D eigenvalue weighted by Crippen LogP contribution is 2.09. The van der Waals surface area contributed by atoms with Crippen LogP contribution in [0.4, 0.5) is 0 Å². The summed E-state index contributed by atoms with van der Waals surface area (Å²) in [4.78, 5) is 21.4. The second-order valence-electron chi connectivity index (χ2n) is 2.15. The largest absolute Gasteiger partial charge is 0.507 e. The molecule has 0 atom stereocenters. The Labute approximate surface area is 67.7 Å². The summed E-state index contributed by atoms with van der Waals surface area (Å²) in [5.41, 5.74) is -1.30. The van der Waals surface area contributed by atoms with E-state index in [1.807, 2.05) is 0 Å². The maximum Gasteiger partial charge on any atom is 0.343 e. The van der Waals surface area contributed by atoms with E-state index in [4.69, 9.17) is 10.2 Å². The van der Waals surface area contributed by atoms with Gasteiger partial charge in [-0.2, -0.15) is 0 Å². The van der Waals surface area contributed by atoms with E-state index >= 15 is 0 Å². The highest BCUT2D eigenvalue weighted by molar-refractivity contribution is 5.90. The van der Waals surface area contributed by atoms with Gasteiger partial charge in [-0.05, 0) is 12.1 Å². The average molecular weight is 166 g/mol. The molecule has 0 spiro atoms. The van der Waals surface area contributed by atoms with Gasteiger partial charge in [0, 0.05) is 0 Å². The molecule has 0 heterocycles. The van der Waals surface area contributed by atoms with E-state index < -0.39 is 22.7 Å². The van der Waals surface area contributed by atoms with Crippen molar-refractivity contribution in [1.82, 2.24) is 0 Å². The minimum Gasteiger partial charge on any atom is -0.507 e. The second kappa shape index (κ2) is 3.04. The molecule has 0 saturated carbocycles. The van der Waals surface area contributed by atoms with E-state index in [1.54, 1.807) is 0 Å². The first-order valence-electron chi connectivity index (χ1n) is 3.18. The van der Waals surface area contributed by atoms with Gasteiger partial charge in [-0.3, -0.25) is 4.79 Å². The van der Waals surface area contributed by atoms with Crippen LogP contribution in [0.3, 0.4) is 0 Å². The first kappa shape index (κ1) is 8.26. The molecule has 1 aromatic carbocycles. The van der Waals surface area contributed by atoms with Gasteiger partial charge in [0.15, 0.2) is 5.43 Å². The second-order valence-corrected chi connectivity index (χ2v) is 2.15. The van der Waals surface area contributed by atoms with Gasteiger partial charge in [-0.15, -0.1) is 0 Å². The molecule has 4 nitrogen and oxygen atoms in total. The van der Waals surface area contributed by atoms with E-state index in [2.05, 4.69) is 0 Å². The molecule has 1 aromatic rings. The average Bonchev–Trinajstić information content (AvgIpc) is 2.11. The Morgan fingerprint density at radius 1 is 1.25 bits per heavy atom. The normalized spacial score (nSPS) is 9.33. The molecule has 0 bridgehead atoms. The van der Waals surface area contributed by atoms with Crippen molar-refractivity contribution in [1.29, 1.82) is 0 Å². The van der Waals surface area contributed by atoms with Crippen molar-refractivity contribution >= 4 is 5.97 Å². The van der Waals surface area contributed by atoms with E-state index in [-0.39, 0.29) is 0 Å². The van der Waals surface area contributed by atoms with Crippen LogP contribution in [0.5, 0.6) is 5.75 Å². The van der Waals surface area contributed by atoms with Crippen LogP contribution in [0, 0.1) is 0 Å². The minimum absolute atomic E-state index is 0.516. The Kier molecular flexibility index (Phi) is 2.09. The molecule has 0 radical (unpaired) electrons. The predicted molar refractivity (Wildman–Crippen MR) is 41.3 cm³/mol. The quantitative estimate of drug-likeness (QED) is 0.635. The Hall–Kier alpha value is -1.84. The highest BCUT2D eigenvalue weighted by atomic mass is 16.4. The van der Waals surface area contributed by atoms with Crippen LogP contribution in [-0.2, 0) is 0 Å². The zero-order valence-corrected chi connectivity index (χ0v) is 6.02. The lowest BCUT2D eigenvalue weighted by Gasteiger charge is -1.90. The molecular formula is C8H6O4. The Balaban J connectivity index is 3.57. The zero-order chi connectivity index (χ0) is 9.14. The highest BCUT2D eigenvalue weighted by Gasteiger charge is 2.11. The summed E-state index contributed by atoms with van der Waals surface area (Å²) >= 11 is 0. The molecule has 0 amide bonds. The lowest BCUT2D eigenvalue weighted by molar-refractivity contribution is 0.0692. The third-order valence-electron chi connectivity index (χ3n) is 1.33. The number of aromatic hydroxyl groups is 1. The van der Waals surface area contributed by atoms with E-state index in [1.165, 1.54) is 12.1 Å². The van der Waals surface area contributed by atoms with Crippen LogP contribution < -0.4 is 5.43 Å². The van der Waals surface area contributed by atoms with Gasteiger partial charge >= 0.3 is 5.97 Å². The minimum atomic E-state index is -1.42.